The second kappa shape index (κ2) is 6.26. The molecule has 1 aromatic rings. The van der Waals surface area contributed by atoms with E-state index in [1.807, 2.05) is 27.7 Å². The molecule has 1 unspecified atom stereocenters. The van der Waals surface area contributed by atoms with E-state index in [-0.39, 0.29) is 11.8 Å². The molecule has 2 amide bonds. The van der Waals surface area contributed by atoms with E-state index in [0.717, 1.165) is 0 Å². The Morgan fingerprint density at radius 1 is 1.05 bits per heavy atom. The maximum atomic E-state index is 12.0. The molecule has 0 saturated carbocycles. The summed E-state index contributed by atoms with van der Waals surface area (Å²) in [6.45, 7) is 9.08. The number of carbonyl (C=O) groups excluding carboxylic acids is 2. The van der Waals surface area contributed by atoms with Crippen molar-refractivity contribution in [3.63, 3.8) is 0 Å². The van der Waals surface area contributed by atoms with Crippen molar-refractivity contribution in [2.45, 2.75) is 46.6 Å². The number of anilines is 2. The molecule has 1 aromatic carbocycles. The van der Waals surface area contributed by atoms with Gasteiger partial charge in [-0.05, 0) is 31.5 Å². The van der Waals surface area contributed by atoms with Crippen molar-refractivity contribution >= 4 is 23.2 Å². The standard InChI is InChI=1S/C16H25N3O2/c1-6-16(5,17)14(21)19-12-9-7-8-11(10-12)18-13(20)15(2,3)4/h7-10H,6,17H2,1-5H3,(H,18,20)(H,19,21). The Bertz CT molecular complexity index is 531. The fourth-order valence-corrected chi connectivity index (χ4v) is 1.43. The van der Waals surface area contributed by atoms with Crippen molar-refractivity contribution in [3.05, 3.63) is 24.3 Å². The first-order chi connectivity index (χ1) is 9.56. The predicted molar refractivity (Wildman–Crippen MR) is 86.0 cm³/mol. The third-order valence-corrected chi connectivity index (χ3v) is 3.31. The zero-order valence-electron chi connectivity index (χ0n) is 13.4. The summed E-state index contributed by atoms with van der Waals surface area (Å²) in [6, 6.07) is 7.03. The molecule has 0 aliphatic heterocycles. The van der Waals surface area contributed by atoms with Crippen LogP contribution in [0.15, 0.2) is 24.3 Å². The fraction of sp³-hybridized carbons (Fsp3) is 0.500. The first-order valence-electron chi connectivity index (χ1n) is 7.08. The van der Waals surface area contributed by atoms with Crippen LogP contribution in [0.25, 0.3) is 0 Å². The number of amides is 2. The molecular weight excluding hydrogens is 266 g/mol. The number of benzene rings is 1. The van der Waals surface area contributed by atoms with Crippen LogP contribution in [-0.2, 0) is 9.59 Å². The molecule has 4 N–H and O–H groups in total. The molecule has 116 valence electrons. The van der Waals surface area contributed by atoms with Gasteiger partial charge in [0.25, 0.3) is 0 Å². The number of hydrogen-bond donors (Lipinski definition) is 3. The summed E-state index contributed by atoms with van der Waals surface area (Å²) in [5.41, 5.74) is 5.76. The highest BCUT2D eigenvalue weighted by atomic mass is 16.2. The Morgan fingerprint density at radius 3 is 1.95 bits per heavy atom. The van der Waals surface area contributed by atoms with Crippen molar-refractivity contribution in [1.82, 2.24) is 0 Å². The summed E-state index contributed by atoms with van der Waals surface area (Å²) >= 11 is 0. The smallest absolute Gasteiger partial charge is 0.244 e. The van der Waals surface area contributed by atoms with Gasteiger partial charge in [-0.15, -0.1) is 0 Å². The van der Waals surface area contributed by atoms with E-state index in [1.165, 1.54) is 0 Å². The van der Waals surface area contributed by atoms with E-state index in [4.69, 9.17) is 5.73 Å². The van der Waals surface area contributed by atoms with Gasteiger partial charge in [-0.1, -0.05) is 33.8 Å². The van der Waals surface area contributed by atoms with Gasteiger partial charge >= 0.3 is 0 Å². The van der Waals surface area contributed by atoms with Crippen LogP contribution in [0.1, 0.15) is 41.0 Å². The van der Waals surface area contributed by atoms with Crippen molar-refractivity contribution in [2.24, 2.45) is 11.1 Å². The summed E-state index contributed by atoms with van der Waals surface area (Å²) in [5.74, 6) is -0.326. The molecule has 0 saturated heterocycles. The van der Waals surface area contributed by atoms with Gasteiger partial charge in [0, 0.05) is 16.8 Å². The molecule has 1 rings (SSSR count). The lowest BCUT2D eigenvalue weighted by Crippen LogP contribution is -2.47. The number of hydrogen-bond acceptors (Lipinski definition) is 3. The van der Waals surface area contributed by atoms with Gasteiger partial charge in [0.1, 0.15) is 0 Å². The van der Waals surface area contributed by atoms with Crippen LogP contribution in [0.3, 0.4) is 0 Å². The van der Waals surface area contributed by atoms with Crippen LogP contribution in [-0.4, -0.2) is 17.4 Å². The molecule has 0 spiro atoms. The molecule has 0 heterocycles. The van der Waals surface area contributed by atoms with Crippen molar-refractivity contribution in [3.8, 4) is 0 Å². The van der Waals surface area contributed by atoms with Gasteiger partial charge in [-0.25, -0.2) is 0 Å². The maximum absolute atomic E-state index is 12.0. The molecule has 0 aliphatic rings. The van der Waals surface area contributed by atoms with Gasteiger partial charge in [0.05, 0.1) is 5.54 Å². The predicted octanol–water partition coefficient (Wildman–Crippen LogP) is 2.74. The monoisotopic (exact) mass is 291 g/mol. The minimum Gasteiger partial charge on any atom is -0.326 e. The van der Waals surface area contributed by atoms with Gasteiger partial charge < -0.3 is 16.4 Å². The average molecular weight is 291 g/mol. The SMILES string of the molecule is CCC(C)(N)C(=O)Nc1cccc(NC(=O)C(C)(C)C)c1. The highest BCUT2D eigenvalue weighted by Gasteiger charge is 2.26. The molecule has 0 fully saturated rings. The third kappa shape index (κ3) is 4.86. The Labute approximate surface area is 126 Å². The minimum atomic E-state index is -0.912. The second-order valence-corrected chi connectivity index (χ2v) is 6.51. The van der Waals surface area contributed by atoms with Crippen molar-refractivity contribution in [2.75, 3.05) is 10.6 Å². The van der Waals surface area contributed by atoms with Crippen molar-refractivity contribution in [1.29, 1.82) is 0 Å². The zero-order chi connectivity index (χ0) is 16.3. The molecular formula is C16H25N3O2. The van der Waals surface area contributed by atoms with E-state index in [2.05, 4.69) is 10.6 Å². The summed E-state index contributed by atoms with van der Waals surface area (Å²) < 4.78 is 0. The van der Waals surface area contributed by atoms with Gasteiger partial charge in [0.2, 0.25) is 11.8 Å². The Morgan fingerprint density at radius 2 is 1.52 bits per heavy atom. The summed E-state index contributed by atoms with van der Waals surface area (Å²) in [6.07, 6.45) is 0.541. The molecule has 0 aliphatic carbocycles. The van der Waals surface area contributed by atoms with E-state index >= 15 is 0 Å². The van der Waals surface area contributed by atoms with Crippen LogP contribution in [0.2, 0.25) is 0 Å². The second-order valence-electron chi connectivity index (χ2n) is 6.51. The first-order valence-corrected chi connectivity index (χ1v) is 7.08. The summed E-state index contributed by atoms with van der Waals surface area (Å²) in [7, 11) is 0. The first kappa shape index (κ1) is 17.2. The fourth-order valence-electron chi connectivity index (χ4n) is 1.43. The Hall–Kier alpha value is -1.88. The van der Waals surface area contributed by atoms with E-state index < -0.39 is 11.0 Å². The average Bonchev–Trinajstić information content (AvgIpc) is 2.37. The van der Waals surface area contributed by atoms with Crippen molar-refractivity contribution < 1.29 is 9.59 Å². The van der Waals surface area contributed by atoms with Gasteiger partial charge in [-0.3, -0.25) is 9.59 Å². The maximum Gasteiger partial charge on any atom is 0.244 e. The van der Waals surface area contributed by atoms with Crippen LogP contribution in [0.5, 0.6) is 0 Å². The summed E-state index contributed by atoms with van der Waals surface area (Å²) in [4.78, 5) is 24.0. The van der Waals surface area contributed by atoms with Gasteiger partial charge in [0.15, 0.2) is 0 Å². The highest BCUT2D eigenvalue weighted by molar-refractivity contribution is 5.99. The largest absolute Gasteiger partial charge is 0.326 e. The van der Waals surface area contributed by atoms with Crippen LogP contribution in [0, 0.1) is 5.41 Å². The number of nitrogens with two attached hydrogens (primary N) is 1. The lowest BCUT2D eigenvalue weighted by molar-refractivity contribution is -0.123. The van der Waals surface area contributed by atoms with Gasteiger partial charge in [-0.2, -0.15) is 0 Å². The Kier molecular flexibility index (Phi) is 5.12. The Balaban J connectivity index is 2.82. The normalized spacial score (nSPS) is 14.2. The van der Waals surface area contributed by atoms with E-state index in [9.17, 15) is 9.59 Å². The number of nitrogens with one attached hydrogen (secondary N) is 2. The quantitative estimate of drug-likeness (QED) is 0.797. The third-order valence-electron chi connectivity index (χ3n) is 3.31. The van der Waals surface area contributed by atoms with E-state index in [1.54, 1.807) is 31.2 Å². The zero-order valence-corrected chi connectivity index (χ0v) is 13.4. The molecule has 0 aromatic heterocycles. The minimum absolute atomic E-state index is 0.0804. The lowest BCUT2D eigenvalue weighted by atomic mass is 9.95. The number of rotatable bonds is 4. The molecule has 1 atom stereocenters. The molecule has 21 heavy (non-hydrogen) atoms. The molecule has 0 radical (unpaired) electrons. The number of carbonyl (C=O) groups is 2. The van der Waals surface area contributed by atoms with Crippen LogP contribution < -0.4 is 16.4 Å². The van der Waals surface area contributed by atoms with Crippen LogP contribution in [0.4, 0.5) is 11.4 Å². The molecule has 0 bridgehead atoms. The molecule has 5 nitrogen and oxygen atoms in total. The lowest BCUT2D eigenvalue weighted by Gasteiger charge is -2.22. The summed E-state index contributed by atoms with van der Waals surface area (Å²) in [5, 5.41) is 5.60. The van der Waals surface area contributed by atoms with Crippen LogP contribution >= 0.6 is 0 Å². The highest BCUT2D eigenvalue weighted by Crippen LogP contribution is 2.20. The molecule has 5 heteroatoms. The topological polar surface area (TPSA) is 84.2 Å². The van der Waals surface area contributed by atoms with E-state index in [0.29, 0.717) is 17.8 Å².